The van der Waals surface area contributed by atoms with Crippen LogP contribution < -0.4 is 0 Å². The van der Waals surface area contributed by atoms with Crippen LogP contribution in [0, 0.1) is 0 Å². The van der Waals surface area contributed by atoms with Gasteiger partial charge in [0.15, 0.2) is 6.10 Å². The van der Waals surface area contributed by atoms with Gasteiger partial charge >= 0.3 is 11.9 Å². The third kappa shape index (κ3) is 45.8. The molecule has 1 atom stereocenters. The zero-order chi connectivity index (χ0) is 42.1. The molecule has 0 radical (unpaired) electrons. The topological polar surface area (TPSA) is 61.8 Å². The number of rotatable bonds is 43. The van der Waals surface area contributed by atoms with E-state index in [0.717, 1.165) is 64.2 Å². The summed E-state index contributed by atoms with van der Waals surface area (Å²) in [5.41, 5.74) is 0. The smallest absolute Gasteiger partial charge is 0.306 e. The van der Waals surface area contributed by atoms with E-state index in [1.165, 1.54) is 109 Å². The average molecular weight is 807 g/mol. The number of esters is 2. The number of unbranched alkanes of at least 4 members (excludes halogenated alkanes) is 18. The van der Waals surface area contributed by atoms with Gasteiger partial charge in [-0.2, -0.15) is 0 Å². The highest BCUT2D eigenvalue weighted by atomic mass is 16.6. The van der Waals surface area contributed by atoms with Gasteiger partial charge in [-0.25, -0.2) is 0 Å². The second-order valence-corrected chi connectivity index (χ2v) is 15.6. The van der Waals surface area contributed by atoms with Crippen molar-refractivity contribution in [2.24, 2.45) is 0 Å². The molecule has 1 unspecified atom stereocenters. The van der Waals surface area contributed by atoms with Crippen LogP contribution >= 0.6 is 0 Å². The molecule has 0 aromatic heterocycles. The molecule has 58 heavy (non-hydrogen) atoms. The lowest BCUT2D eigenvalue weighted by Crippen LogP contribution is -2.30. The van der Waals surface area contributed by atoms with Crippen LogP contribution in [0.2, 0.25) is 0 Å². The highest BCUT2D eigenvalue weighted by Crippen LogP contribution is 2.13. The lowest BCUT2D eigenvalue weighted by molar-refractivity contribution is -0.162. The normalized spacial score (nSPS) is 12.9. The molecule has 0 saturated carbocycles. The quantitative estimate of drug-likeness (QED) is 0.0349. The first kappa shape index (κ1) is 55.1. The van der Waals surface area contributed by atoms with E-state index in [4.69, 9.17) is 14.2 Å². The molecule has 0 bridgehead atoms. The molecular weight excluding hydrogens is 717 g/mol. The Morgan fingerprint density at radius 3 is 1.36 bits per heavy atom. The van der Waals surface area contributed by atoms with Crippen LogP contribution in [0.15, 0.2) is 85.1 Å². The largest absolute Gasteiger partial charge is 0.462 e. The third-order valence-corrected chi connectivity index (χ3v) is 9.93. The monoisotopic (exact) mass is 807 g/mol. The number of allylic oxidation sites excluding steroid dienone is 14. The minimum absolute atomic E-state index is 0.0411. The zero-order valence-corrected chi connectivity index (χ0v) is 38.0. The number of hydrogen-bond acceptors (Lipinski definition) is 5. The minimum Gasteiger partial charge on any atom is -0.462 e. The fourth-order valence-electron chi connectivity index (χ4n) is 6.34. The lowest BCUT2D eigenvalue weighted by Gasteiger charge is -2.18. The summed E-state index contributed by atoms with van der Waals surface area (Å²) in [5, 5.41) is 0. The van der Waals surface area contributed by atoms with Crippen LogP contribution in [0.1, 0.15) is 213 Å². The molecule has 0 heterocycles. The summed E-state index contributed by atoms with van der Waals surface area (Å²) in [6.45, 7) is 7.58. The fourth-order valence-corrected chi connectivity index (χ4v) is 6.34. The fraction of sp³-hybridized carbons (Fsp3) is 0.698. The molecule has 0 aliphatic rings. The molecule has 332 valence electrons. The molecule has 0 aliphatic heterocycles. The second kappa shape index (κ2) is 48.4. The molecule has 0 aliphatic carbocycles. The Hall–Kier alpha value is -2.92. The highest BCUT2D eigenvalue weighted by molar-refractivity contribution is 5.70. The molecule has 0 rings (SSSR count). The number of carbonyl (C=O) groups excluding carboxylic acids is 2. The second-order valence-electron chi connectivity index (χ2n) is 15.6. The maximum Gasteiger partial charge on any atom is 0.306 e. The predicted molar refractivity (Wildman–Crippen MR) is 251 cm³/mol. The lowest BCUT2D eigenvalue weighted by atomic mass is 10.1. The van der Waals surface area contributed by atoms with E-state index in [2.05, 4.69) is 99.8 Å². The van der Waals surface area contributed by atoms with Crippen LogP contribution in [-0.4, -0.2) is 37.9 Å². The number of ether oxygens (including phenoxy) is 3. The van der Waals surface area contributed by atoms with Crippen LogP contribution in [0.5, 0.6) is 0 Å². The molecule has 5 heteroatoms. The van der Waals surface area contributed by atoms with Crippen LogP contribution in [0.25, 0.3) is 0 Å². The van der Waals surface area contributed by atoms with Crippen LogP contribution in [-0.2, 0) is 23.8 Å². The first-order valence-electron chi connectivity index (χ1n) is 24.1. The molecule has 0 aromatic rings. The number of carbonyl (C=O) groups is 2. The maximum absolute atomic E-state index is 12.7. The summed E-state index contributed by atoms with van der Waals surface area (Å²) < 4.78 is 17.3. The van der Waals surface area contributed by atoms with Gasteiger partial charge in [0.05, 0.1) is 6.61 Å². The molecular formula is C53H90O5. The van der Waals surface area contributed by atoms with E-state index in [9.17, 15) is 9.59 Å². The van der Waals surface area contributed by atoms with E-state index in [1.807, 2.05) is 6.08 Å². The van der Waals surface area contributed by atoms with Crippen molar-refractivity contribution in [3.05, 3.63) is 85.1 Å². The van der Waals surface area contributed by atoms with E-state index in [0.29, 0.717) is 25.9 Å². The van der Waals surface area contributed by atoms with Crippen molar-refractivity contribution in [1.82, 2.24) is 0 Å². The molecule has 0 amide bonds. The molecule has 5 nitrogen and oxygen atoms in total. The molecule has 0 spiro atoms. The zero-order valence-electron chi connectivity index (χ0n) is 38.0. The van der Waals surface area contributed by atoms with E-state index >= 15 is 0 Å². The Balaban J connectivity index is 4.36. The Kier molecular flexibility index (Phi) is 46.0. The molecule has 0 N–H and O–H groups in total. The SMILES string of the molecule is CC/C=C\C/C=C\C/C=C\C/C=C\C/C=C\C/C=C\CCC(=O)OCC(COCCCCCCCC/C=C\CCCC)OC(=O)CCCCCCCCCCCCC. The summed E-state index contributed by atoms with van der Waals surface area (Å²) in [6.07, 6.45) is 63.1. The average Bonchev–Trinajstić information content (AvgIpc) is 3.22. The predicted octanol–water partition coefficient (Wildman–Crippen LogP) is 16.1. The van der Waals surface area contributed by atoms with Crippen LogP contribution in [0.4, 0.5) is 0 Å². The molecule has 0 fully saturated rings. The maximum atomic E-state index is 12.7. The molecule has 0 aromatic carbocycles. The third-order valence-electron chi connectivity index (χ3n) is 9.93. The summed E-state index contributed by atoms with van der Waals surface area (Å²) in [7, 11) is 0. The Labute approximate surface area is 359 Å². The van der Waals surface area contributed by atoms with Crippen molar-refractivity contribution >= 4 is 11.9 Å². The summed E-state index contributed by atoms with van der Waals surface area (Å²) in [5.74, 6) is -0.499. The number of hydrogen-bond donors (Lipinski definition) is 0. The first-order chi connectivity index (χ1) is 28.6. The van der Waals surface area contributed by atoms with E-state index in [1.54, 1.807) is 0 Å². The van der Waals surface area contributed by atoms with Gasteiger partial charge in [-0.15, -0.1) is 0 Å². The summed E-state index contributed by atoms with van der Waals surface area (Å²) in [6, 6.07) is 0. The molecule has 0 saturated heterocycles. The van der Waals surface area contributed by atoms with Crippen LogP contribution in [0.3, 0.4) is 0 Å². The van der Waals surface area contributed by atoms with Gasteiger partial charge in [0.1, 0.15) is 6.61 Å². The minimum atomic E-state index is -0.569. The van der Waals surface area contributed by atoms with Crippen molar-refractivity contribution in [2.75, 3.05) is 19.8 Å². The Morgan fingerprint density at radius 1 is 0.397 bits per heavy atom. The Morgan fingerprint density at radius 2 is 0.828 bits per heavy atom. The standard InChI is InChI=1S/C53H90O5/c1-4-7-10-13-16-19-22-24-25-26-27-28-29-30-32-34-37-40-43-46-52(54)57-50-51(49-56-48-45-42-39-36-33-23-20-17-14-11-8-5-2)58-53(55)47-44-41-38-35-31-21-18-15-12-9-6-3/h7,10,14,16-17,19,24-25,27-28,30,32,37,40,51H,4-6,8-9,11-13,15,18,20-23,26,29,31,33-36,38-39,41-50H2,1-3H3/b10-7-,17-14-,19-16-,25-24-,28-27-,32-30-,40-37-. The van der Waals surface area contributed by atoms with Gasteiger partial charge in [-0.3, -0.25) is 9.59 Å². The first-order valence-corrected chi connectivity index (χ1v) is 24.1. The van der Waals surface area contributed by atoms with Crippen molar-refractivity contribution < 1.29 is 23.8 Å². The van der Waals surface area contributed by atoms with Crippen molar-refractivity contribution in [3.63, 3.8) is 0 Å². The van der Waals surface area contributed by atoms with Gasteiger partial charge < -0.3 is 14.2 Å². The Bertz CT molecular complexity index is 1090. The summed E-state index contributed by atoms with van der Waals surface area (Å²) in [4.78, 5) is 25.2. The van der Waals surface area contributed by atoms with Crippen molar-refractivity contribution in [2.45, 2.75) is 219 Å². The van der Waals surface area contributed by atoms with Gasteiger partial charge in [-0.05, 0) is 77.0 Å². The van der Waals surface area contributed by atoms with Gasteiger partial charge in [0.25, 0.3) is 0 Å². The van der Waals surface area contributed by atoms with Gasteiger partial charge in [0.2, 0.25) is 0 Å². The van der Waals surface area contributed by atoms with Gasteiger partial charge in [0, 0.05) is 19.4 Å². The van der Waals surface area contributed by atoms with Gasteiger partial charge in [-0.1, -0.05) is 209 Å². The summed E-state index contributed by atoms with van der Waals surface area (Å²) >= 11 is 0. The van der Waals surface area contributed by atoms with E-state index in [-0.39, 0.29) is 25.2 Å². The van der Waals surface area contributed by atoms with Crippen molar-refractivity contribution in [1.29, 1.82) is 0 Å². The highest BCUT2D eigenvalue weighted by Gasteiger charge is 2.17. The van der Waals surface area contributed by atoms with E-state index < -0.39 is 6.10 Å². The van der Waals surface area contributed by atoms with Crippen molar-refractivity contribution in [3.8, 4) is 0 Å².